The maximum Gasteiger partial charge on any atom is 0.306 e. The van der Waals surface area contributed by atoms with Crippen LogP contribution >= 0.6 is 0 Å². The van der Waals surface area contributed by atoms with Crippen LogP contribution < -0.4 is 0 Å². The highest BCUT2D eigenvalue weighted by molar-refractivity contribution is 5.71. The van der Waals surface area contributed by atoms with Crippen molar-refractivity contribution in [3.05, 3.63) is 122 Å². The van der Waals surface area contributed by atoms with E-state index in [0.29, 0.717) is 19.3 Å². The number of rotatable bonds is 58. The minimum absolute atomic E-state index is 0.0808. The first-order valence-corrected chi connectivity index (χ1v) is 32.5. The maximum absolute atomic E-state index is 12.8. The molecule has 1 atom stereocenters. The summed E-state index contributed by atoms with van der Waals surface area (Å²) >= 11 is 0. The summed E-state index contributed by atoms with van der Waals surface area (Å²) in [5, 5.41) is 0. The van der Waals surface area contributed by atoms with E-state index in [1.54, 1.807) is 0 Å². The lowest BCUT2D eigenvalue weighted by Gasteiger charge is -2.18. The third-order valence-corrected chi connectivity index (χ3v) is 13.7. The van der Waals surface area contributed by atoms with Crippen molar-refractivity contribution in [3.8, 4) is 0 Å². The van der Waals surface area contributed by atoms with Crippen molar-refractivity contribution >= 4 is 17.9 Å². The summed E-state index contributed by atoms with van der Waals surface area (Å²) in [5.74, 6) is -0.891. The van der Waals surface area contributed by atoms with Crippen LogP contribution in [-0.2, 0) is 28.6 Å². The fraction of sp³-hybridized carbons (Fsp3) is 0.681. The summed E-state index contributed by atoms with van der Waals surface area (Å²) in [6.07, 6.45) is 90.9. The zero-order valence-electron chi connectivity index (χ0n) is 50.9. The number of hydrogen-bond donors (Lipinski definition) is 0. The van der Waals surface area contributed by atoms with Gasteiger partial charge >= 0.3 is 17.9 Å². The van der Waals surface area contributed by atoms with Gasteiger partial charge in [-0.1, -0.05) is 290 Å². The third kappa shape index (κ3) is 62.7. The van der Waals surface area contributed by atoms with E-state index in [4.69, 9.17) is 14.2 Å². The Morgan fingerprint density at radius 2 is 0.500 bits per heavy atom. The van der Waals surface area contributed by atoms with Gasteiger partial charge in [-0.2, -0.15) is 0 Å². The molecule has 0 rings (SSSR count). The summed E-state index contributed by atoms with van der Waals surface area (Å²) in [6.45, 7) is 6.39. The maximum atomic E-state index is 12.8. The van der Waals surface area contributed by atoms with Crippen molar-refractivity contribution in [1.82, 2.24) is 0 Å². The van der Waals surface area contributed by atoms with Crippen LogP contribution in [0, 0.1) is 0 Å². The van der Waals surface area contributed by atoms with Crippen LogP contribution in [0.15, 0.2) is 122 Å². The number of carbonyl (C=O) groups excluding carboxylic acids is 3. The number of esters is 3. The highest BCUT2D eigenvalue weighted by Crippen LogP contribution is 2.16. The second-order valence-electron chi connectivity index (χ2n) is 21.3. The number of carbonyl (C=O) groups is 3. The van der Waals surface area contributed by atoms with Gasteiger partial charge in [-0.25, -0.2) is 0 Å². The quantitative estimate of drug-likeness (QED) is 0.0261. The predicted octanol–water partition coefficient (Wildman–Crippen LogP) is 22.4. The zero-order chi connectivity index (χ0) is 56.4. The number of allylic oxidation sites excluding steroid dienone is 20. The van der Waals surface area contributed by atoms with E-state index in [-0.39, 0.29) is 31.1 Å². The molecule has 0 bridgehead atoms. The first kappa shape index (κ1) is 73.8. The van der Waals surface area contributed by atoms with Crippen LogP contribution in [0.25, 0.3) is 0 Å². The van der Waals surface area contributed by atoms with Gasteiger partial charge in [0.05, 0.1) is 0 Å². The van der Waals surface area contributed by atoms with E-state index >= 15 is 0 Å². The number of ether oxygens (including phenoxy) is 3. The van der Waals surface area contributed by atoms with Gasteiger partial charge in [0, 0.05) is 19.3 Å². The average Bonchev–Trinajstić information content (AvgIpc) is 3.44. The Bertz CT molecular complexity index is 1620. The van der Waals surface area contributed by atoms with Gasteiger partial charge in [0.15, 0.2) is 6.10 Å². The molecule has 0 amide bonds. The highest BCUT2D eigenvalue weighted by atomic mass is 16.6. The second kappa shape index (κ2) is 65.3. The SMILES string of the molecule is CC/C=C\C/C=C\C/C=C\C/C=C\C/C=C\C/C=C\C/C=C\CCCCCCCCCCCCCCCC(=O)OCC(COC(=O)CCCCCCCCCC)OC(=O)CCCCCCCCC/C=C\C/C=C\C/C=C\CC. The van der Waals surface area contributed by atoms with Crippen LogP contribution in [0.3, 0.4) is 0 Å². The van der Waals surface area contributed by atoms with E-state index in [2.05, 4.69) is 142 Å². The third-order valence-electron chi connectivity index (χ3n) is 13.7. The normalized spacial score (nSPS) is 12.9. The minimum Gasteiger partial charge on any atom is -0.462 e. The first-order valence-electron chi connectivity index (χ1n) is 32.5. The Labute approximate surface area is 482 Å². The zero-order valence-corrected chi connectivity index (χ0v) is 50.9. The first-order chi connectivity index (χ1) is 38.5. The van der Waals surface area contributed by atoms with Gasteiger partial charge in [0.1, 0.15) is 13.2 Å². The molecule has 0 spiro atoms. The molecule has 0 heterocycles. The van der Waals surface area contributed by atoms with E-state index in [1.165, 1.54) is 128 Å². The van der Waals surface area contributed by atoms with Crippen molar-refractivity contribution < 1.29 is 28.6 Å². The van der Waals surface area contributed by atoms with Crippen LogP contribution in [0.1, 0.15) is 297 Å². The lowest BCUT2D eigenvalue weighted by molar-refractivity contribution is -0.167. The van der Waals surface area contributed by atoms with Crippen molar-refractivity contribution in [2.75, 3.05) is 13.2 Å². The van der Waals surface area contributed by atoms with E-state index in [1.807, 2.05) is 0 Å². The summed E-state index contributed by atoms with van der Waals surface area (Å²) < 4.78 is 16.8. The number of unbranched alkanes of at least 4 members (excludes halogenated alkanes) is 27. The Kier molecular flexibility index (Phi) is 61.8. The molecule has 0 aromatic heterocycles. The van der Waals surface area contributed by atoms with Gasteiger partial charge in [-0.3, -0.25) is 14.4 Å². The fourth-order valence-electron chi connectivity index (χ4n) is 8.91. The van der Waals surface area contributed by atoms with Crippen molar-refractivity contribution in [2.45, 2.75) is 303 Å². The van der Waals surface area contributed by atoms with E-state index < -0.39 is 6.10 Å². The fourth-order valence-corrected chi connectivity index (χ4v) is 8.91. The van der Waals surface area contributed by atoms with Gasteiger partial charge < -0.3 is 14.2 Å². The van der Waals surface area contributed by atoms with Crippen molar-refractivity contribution in [2.24, 2.45) is 0 Å². The molecule has 444 valence electrons. The molecule has 1 unspecified atom stereocenters. The molecule has 0 saturated carbocycles. The summed E-state index contributed by atoms with van der Waals surface area (Å²) in [4.78, 5) is 38.1. The van der Waals surface area contributed by atoms with Crippen LogP contribution in [0.5, 0.6) is 0 Å². The molecule has 6 nitrogen and oxygen atoms in total. The van der Waals surface area contributed by atoms with Gasteiger partial charge in [-0.15, -0.1) is 0 Å². The largest absolute Gasteiger partial charge is 0.462 e. The highest BCUT2D eigenvalue weighted by Gasteiger charge is 2.19. The summed E-state index contributed by atoms with van der Waals surface area (Å²) in [5.41, 5.74) is 0. The van der Waals surface area contributed by atoms with E-state index in [9.17, 15) is 14.4 Å². The molecule has 0 N–H and O–H groups in total. The molecule has 0 fully saturated rings. The van der Waals surface area contributed by atoms with Crippen LogP contribution in [0.2, 0.25) is 0 Å². The molecule has 0 radical (unpaired) electrons. The number of hydrogen-bond acceptors (Lipinski definition) is 6. The smallest absolute Gasteiger partial charge is 0.306 e. The van der Waals surface area contributed by atoms with Crippen molar-refractivity contribution in [1.29, 1.82) is 0 Å². The van der Waals surface area contributed by atoms with Crippen LogP contribution in [-0.4, -0.2) is 37.2 Å². The Morgan fingerprint density at radius 1 is 0.269 bits per heavy atom. The molecule has 0 aliphatic rings. The molecular weight excluding hydrogens is 961 g/mol. The second-order valence-corrected chi connectivity index (χ2v) is 21.3. The summed E-state index contributed by atoms with van der Waals surface area (Å²) in [7, 11) is 0. The molecule has 0 aliphatic carbocycles. The molecule has 0 aromatic rings. The summed E-state index contributed by atoms with van der Waals surface area (Å²) in [6, 6.07) is 0. The standard InChI is InChI=1S/C72H120O6/c1-4-7-10-13-16-19-21-23-25-27-28-29-30-31-32-33-34-35-36-37-38-39-40-41-42-43-44-46-47-49-51-53-56-59-62-65-71(74)77-68-69(67-76-70(73)64-61-58-55-18-15-12-9-6-3)78-72(75)66-63-60-57-54-52-50-48-45-26-24-22-20-17-14-11-8-5-2/h7-8,10-11,16-17,19-20,23-26,28-29,31-32,34-35,37-38,69H,4-6,9,12-15,18,21-22,27,30,33,36,39-68H2,1-3H3/b10-7-,11-8-,19-16-,20-17-,25-23-,26-24-,29-28-,32-31-,35-34-,38-37-. The molecule has 0 aliphatic heterocycles. The lowest BCUT2D eigenvalue weighted by Crippen LogP contribution is -2.30. The average molecular weight is 1080 g/mol. The lowest BCUT2D eigenvalue weighted by atomic mass is 10.0. The van der Waals surface area contributed by atoms with Gasteiger partial charge in [0.25, 0.3) is 0 Å². The Morgan fingerprint density at radius 3 is 0.782 bits per heavy atom. The molecular formula is C72H120O6. The predicted molar refractivity (Wildman–Crippen MR) is 339 cm³/mol. The van der Waals surface area contributed by atoms with Crippen molar-refractivity contribution in [3.63, 3.8) is 0 Å². The monoisotopic (exact) mass is 1080 g/mol. The topological polar surface area (TPSA) is 78.9 Å². The molecule has 78 heavy (non-hydrogen) atoms. The minimum atomic E-state index is -0.782. The van der Waals surface area contributed by atoms with Gasteiger partial charge in [0.2, 0.25) is 0 Å². The molecule has 0 aromatic carbocycles. The van der Waals surface area contributed by atoms with Gasteiger partial charge in [-0.05, 0) is 109 Å². The Hall–Kier alpha value is -4.19. The van der Waals surface area contributed by atoms with Crippen LogP contribution in [0.4, 0.5) is 0 Å². The molecule has 0 saturated heterocycles. The van der Waals surface area contributed by atoms with E-state index in [0.717, 1.165) is 128 Å². The Balaban J connectivity index is 4.10. The molecule has 6 heteroatoms.